The number of hydrogen-bond acceptors (Lipinski definition) is 5. The van der Waals surface area contributed by atoms with Crippen LogP contribution in [0.3, 0.4) is 0 Å². The Balaban J connectivity index is 3.43. The molecule has 0 bridgehead atoms. The average Bonchev–Trinajstić information content (AvgIpc) is 2.36. The molecule has 1 aromatic rings. The van der Waals surface area contributed by atoms with E-state index in [-0.39, 0.29) is 16.3 Å². The number of ether oxygens (including phenoxy) is 2. The van der Waals surface area contributed by atoms with E-state index in [0.717, 1.165) is 0 Å². The molecule has 0 unspecified atom stereocenters. The van der Waals surface area contributed by atoms with E-state index in [4.69, 9.17) is 21.1 Å². The smallest absolute Gasteiger partial charge is 0.424 e. The van der Waals surface area contributed by atoms with E-state index in [9.17, 15) is 14.9 Å². The maximum Gasteiger partial charge on any atom is 0.424 e. The SMILES string of the molecule is CC(C)(C)OC(=O)N(C(=O)OC(C)(C)C)c1c(Cl)cccc1C#N. The van der Waals surface area contributed by atoms with Gasteiger partial charge in [-0.25, -0.2) is 9.59 Å². The largest absolute Gasteiger partial charge is 0.443 e. The number of hydrogen-bond donors (Lipinski definition) is 0. The first-order valence-electron chi connectivity index (χ1n) is 7.30. The van der Waals surface area contributed by atoms with Gasteiger partial charge in [0, 0.05) is 0 Å². The fourth-order valence-electron chi connectivity index (χ4n) is 1.71. The average molecular weight is 353 g/mol. The predicted octanol–water partition coefficient (Wildman–Crippen LogP) is 4.89. The summed E-state index contributed by atoms with van der Waals surface area (Å²) in [5, 5.41) is 9.34. The van der Waals surface area contributed by atoms with Gasteiger partial charge < -0.3 is 9.47 Å². The van der Waals surface area contributed by atoms with E-state index < -0.39 is 23.4 Å². The van der Waals surface area contributed by atoms with Crippen LogP contribution in [0.5, 0.6) is 0 Å². The van der Waals surface area contributed by atoms with Crippen molar-refractivity contribution < 1.29 is 19.1 Å². The normalized spacial score (nSPS) is 11.4. The van der Waals surface area contributed by atoms with Gasteiger partial charge in [0.1, 0.15) is 17.3 Å². The van der Waals surface area contributed by atoms with Crippen LogP contribution >= 0.6 is 11.6 Å². The zero-order valence-electron chi connectivity index (χ0n) is 14.6. The molecule has 24 heavy (non-hydrogen) atoms. The molecule has 0 spiro atoms. The van der Waals surface area contributed by atoms with Crippen molar-refractivity contribution in [2.24, 2.45) is 0 Å². The Labute approximate surface area is 146 Å². The minimum atomic E-state index is -0.971. The third-order valence-electron chi connectivity index (χ3n) is 2.48. The molecule has 130 valence electrons. The third-order valence-corrected chi connectivity index (χ3v) is 2.79. The van der Waals surface area contributed by atoms with Crippen molar-refractivity contribution in [3.8, 4) is 6.07 Å². The van der Waals surface area contributed by atoms with Gasteiger partial charge in [-0.2, -0.15) is 10.2 Å². The fourth-order valence-corrected chi connectivity index (χ4v) is 1.96. The Morgan fingerprint density at radius 3 is 1.88 bits per heavy atom. The van der Waals surface area contributed by atoms with Gasteiger partial charge in [-0.15, -0.1) is 0 Å². The van der Waals surface area contributed by atoms with Gasteiger partial charge in [-0.1, -0.05) is 17.7 Å². The molecule has 6 nitrogen and oxygen atoms in total. The van der Waals surface area contributed by atoms with Gasteiger partial charge in [-0.05, 0) is 53.7 Å². The molecule has 2 amide bonds. The maximum atomic E-state index is 12.5. The molecule has 0 aliphatic heterocycles. The van der Waals surface area contributed by atoms with Gasteiger partial charge in [0.25, 0.3) is 0 Å². The zero-order valence-corrected chi connectivity index (χ0v) is 15.4. The van der Waals surface area contributed by atoms with Crippen molar-refractivity contribution in [3.05, 3.63) is 28.8 Å². The molecule has 0 N–H and O–H groups in total. The summed E-state index contributed by atoms with van der Waals surface area (Å²) in [6, 6.07) is 6.38. The van der Waals surface area contributed by atoms with Crippen LogP contribution in [-0.2, 0) is 9.47 Å². The van der Waals surface area contributed by atoms with E-state index >= 15 is 0 Å². The number of amides is 2. The van der Waals surface area contributed by atoms with E-state index in [1.165, 1.54) is 12.1 Å². The van der Waals surface area contributed by atoms with Crippen LogP contribution in [0.4, 0.5) is 15.3 Å². The van der Waals surface area contributed by atoms with Crippen molar-refractivity contribution in [3.63, 3.8) is 0 Å². The Morgan fingerprint density at radius 2 is 1.50 bits per heavy atom. The number of nitriles is 1. The topological polar surface area (TPSA) is 79.6 Å². The van der Waals surface area contributed by atoms with Crippen molar-refractivity contribution in [2.75, 3.05) is 4.90 Å². The maximum absolute atomic E-state index is 12.5. The van der Waals surface area contributed by atoms with E-state index in [1.807, 2.05) is 6.07 Å². The molecule has 0 aliphatic carbocycles. The van der Waals surface area contributed by atoms with Crippen LogP contribution in [0, 0.1) is 11.3 Å². The lowest BCUT2D eigenvalue weighted by atomic mass is 10.1. The second-order valence-electron chi connectivity index (χ2n) is 7.04. The molecule has 0 aliphatic rings. The van der Waals surface area contributed by atoms with Gasteiger partial charge in [0.05, 0.1) is 16.3 Å². The first-order chi connectivity index (χ1) is 10.9. The number of benzene rings is 1. The van der Waals surface area contributed by atoms with Crippen molar-refractivity contribution in [1.82, 2.24) is 0 Å². The quantitative estimate of drug-likeness (QED) is 0.718. The highest BCUT2D eigenvalue weighted by molar-refractivity contribution is 6.35. The zero-order chi connectivity index (χ0) is 18.7. The molecule has 0 heterocycles. The molecule has 0 aromatic heterocycles. The van der Waals surface area contributed by atoms with Gasteiger partial charge in [0.15, 0.2) is 0 Å². The second kappa shape index (κ2) is 7.10. The number of para-hydroxylation sites is 1. The molecule has 0 saturated carbocycles. The number of anilines is 1. The number of imide groups is 1. The summed E-state index contributed by atoms with van der Waals surface area (Å²) in [5.41, 5.74) is -1.69. The van der Waals surface area contributed by atoms with Crippen LogP contribution < -0.4 is 4.90 Å². The number of nitrogens with zero attached hydrogens (tertiary/aromatic N) is 2. The summed E-state index contributed by atoms with van der Waals surface area (Å²) in [5.74, 6) is 0. The summed E-state index contributed by atoms with van der Waals surface area (Å²) in [4.78, 5) is 25.7. The van der Waals surface area contributed by atoms with Crippen LogP contribution in [-0.4, -0.2) is 23.4 Å². The number of carbonyl (C=O) groups is 2. The molecule has 0 radical (unpaired) electrons. The monoisotopic (exact) mass is 352 g/mol. The Morgan fingerprint density at radius 1 is 1.04 bits per heavy atom. The van der Waals surface area contributed by atoms with Gasteiger partial charge in [0.2, 0.25) is 0 Å². The molecular formula is C17H21ClN2O4. The predicted molar refractivity (Wildman–Crippen MR) is 91.1 cm³/mol. The highest BCUT2D eigenvalue weighted by atomic mass is 35.5. The Bertz CT molecular complexity index is 653. The van der Waals surface area contributed by atoms with Crippen molar-refractivity contribution in [2.45, 2.75) is 52.7 Å². The van der Waals surface area contributed by atoms with Crippen molar-refractivity contribution in [1.29, 1.82) is 5.26 Å². The molecule has 0 saturated heterocycles. The van der Waals surface area contributed by atoms with E-state index in [0.29, 0.717) is 4.90 Å². The molecule has 7 heteroatoms. The second-order valence-corrected chi connectivity index (χ2v) is 7.45. The highest BCUT2D eigenvalue weighted by Gasteiger charge is 2.35. The minimum Gasteiger partial charge on any atom is -0.443 e. The summed E-state index contributed by atoms with van der Waals surface area (Å²) >= 11 is 6.13. The summed E-state index contributed by atoms with van der Waals surface area (Å²) in [6.45, 7) is 9.98. The third kappa shape index (κ3) is 5.43. The molecular weight excluding hydrogens is 332 g/mol. The lowest BCUT2D eigenvalue weighted by Gasteiger charge is -2.29. The summed E-state index contributed by atoms with van der Waals surface area (Å²) in [6.07, 6.45) is -1.94. The number of rotatable bonds is 1. The molecule has 1 aromatic carbocycles. The summed E-state index contributed by atoms with van der Waals surface area (Å²) in [7, 11) is 0. The molecule has 0 fully saturated rings. The lowest BCUT2D eigenvalue weighted by molar-refractivity contribution is 0.0430. The van der Waals surface area contributed by atoms with Crippen molar-refractivity contribution >= 4 is 29.5 Å². The van der Waals surface area contributed by atoms with Crippen LogP contribution in [0.25, 0.3) is 0 Å². The first-order valence-corrected chi connectivity index (χ1v) is 7.68. The van der Waals surface area contributed by atoms with Gasteiger partial charge in [-0.3, -0.25) is 0 Å². The highest BCUT2D eigenvalue weighted by Crippen LogP contribution is 2.32. The molecule has 1 rings (SSSR count). The number of halogens is 1. The molecule has 0 atom stereocenters. The van der Waals surface area contributed by atoms with Gasteiger partial charge >= 0.3 is 12.2 Å². The Hall–Kier alpha value is -2.26. The summed E-state index contributed by atoms with van der Waals surface area (Å²) < 4.78 is 10.5. The number of carbonyl (C=O) groups excluding carboxylic acids is 2. The van der Waals surface area contributed by atoms with Crippen LogP contribution in [0.1, 0.15) is 47.1 Å². The van der Waals surface area contributed by atoms with Crippen LogP contribution in [0.2, 0.25) is 5.02 Å². The minimum absolute atomic E-state index is 0.0548. The van der Waals surface area contributed by atoms with Crippen LogP contribution in [0.15, 0.2) is 18.2 Å². The van der Waals surface area contributed by atoms with E-state index in [1.54, 1.807) is 47.6 Å². The Kier molecular flexibility index (Phi) is 5.85. The fraction of sp³-hybridized carbons (Fsp3) is 0.471. The first kappa shape index (κ1) is 19.8. The standard InChI is InChI=1S/C17H21ClN2O4/c1-16(2,3)23-14(21)20(15(22)24-17(4,5)6)13-11(10-19)8-7-9-12(13)18/h7-9H,1-6H3. The van der Waals surface area contributed by atoms with E-state index in [2.05, 4.69) is 0 Å². The lowest BCUT2D eigenvalue weighted by Crippen LogP contribution is -2.44.